The molecule has 0 saturated heterocycles. The zero-order chi connectivity index (χ0) is 19.7. The van der Waals surface area contributed by atoms with Gasteiger partial charge in [-0.25, -0.2) is 9.37 Å². The number of rotatable bonds is 4. The van der Waals surface area contributed by atoms with Crippen molar-refractivity contribution in [3.05, 3.63) is 99.6 Å². The monoisotopic (exact) mass is 410 g/mol. The van der Waals surface area contributed by atoms with Gasteiger partial charge >= 0.3 is 0 Å². The first-order chi connectivity index (χ1) is 13.5. The summed E-state index contributed by atoms with van der Waals surface area (Å²) in [7, 11) is 0. The van der Waals surface area contributed by atoms with Crippen molar-refractivity contribution in [1.29, 1.82) is 0 Å². The van der Waals surface area contributed by atoms with Crippen LogP contribution >= 0.6 is 23.4 Å². The van der Waals surface area contributed by atoms with Crippen LogP contribution in [0.2, 0.25) is 5.02 Å². The van der Waals surface area contributed by atoms with E-state index in [0.29, 0.717) is 26.8 Å². The lowest BCUT2D eigenvalue weighted by molar-refractivity contribution is 0.627. The van der Waals surface area contributed by atoms with E-state index < -0.39 is 0 Å². The molecular weight excluding hydrogens is 395 g/mol. The van der Waals surface area contributed by atoms with Crippen molar-refractivity contribution in [2.24, 2.45) is 0 Å². The summed E-state index contributed by atoms with van der Waals surface area (Å²) in [5.41, 5.74) is 1.98. The molecule has 4 aromatic rings. The first-order valence-electron chi connectivity index (χ1n) is 8.73. The molecule has 0 spiro atoms. The number of halogens is 2. The molecular formula is C22H16ClFN2OS. The lowest BCUT2D eigenvalue weighted by Gasteiger charge is -2.17. The van der Waals surface area contributed by atoms with Gasteiger partial charge < -0.3 is 0 Å². The summed E-state index contributed by atoms with van der Waals surface area (Å²) in [6, 6.07) is 20.8. The van der Waals surface area contributed by atoms with Gasteiger partial charge in [-0.2, -0.15) is 0 Å². The molecule has 3 nitrogen and oxygen atoms in total. The van der Waals surface area contributed by atoms with Crippen LogP contribution in [-0.2, 0) is 0 Å². The molecule has 0 aliphatic carbocycles. The molecule has 28 heavy (non-hydrogen) atoms. The Hall–Kier alpha value is -2.63. The maximum absolute atomic E-state index is 13.3. The number of hydrogen-bond donors (Lipinski definition) is 0. The summed E-state index contributed by atoms with van der Waals surface area (Å²) in [5.74, 6) is -0.280. The Morgan fingerprint density at radius 2 is 1.68 bits per heavy atom. The summed E-state index contributed by atoms with van der Waals surface area (Å²) in [5, 5.41) is 1.50. The topological polar surface area (TPSA) is 34.9 Å². The third kappa shape index (κ3) is 3.55. The lowest BCUT2D eigenvalue weighted by atomic mass is 10.2. The summed E-state index contributed by atoms with van der Waals surface area (Å²) < 4.78 is 14.8. The SMILES string of the molecule is C[C@H](Sc1nc2ccccc2c(=O)n1-c1ccccc1Cl)c1ccc(F)cc1. The number of aromatic nitrogens is 2. The zero-order valence-electron chi connectivity index (χ0n) is 15.0. The van der Waals surface area contributed by atoms with Crippen LogP contribution in [0.4, 0.5) is 4.39 Å². The minimum absolute atomic E-state index is 0.0394. The maximum atomic E-state index is 13.3. The van der Waals surface area contributed by atoms with Gasteiger partial charge in [-0.15, -0.1) is 0 Å². The minimum Gasteiger partial charge on any atom is -0.268 e. The number of thioether (sulfide) groups is 1. The molecule has 1 aromatic heterocycles. The number of fused-ring (bicyclic) bond motifs is 1. The van der Waals surface area contributed by atoms with E-state index in [0.717, 1.165) is 5.56 Å². The van der Waals surface area contributed by atoms with Crippen molar-refractivity contribution in [2.45, 2.75) is 17.3 Å². The summed E-state index contributed by atoms with van der Waals surface area (Å²) in [4.78, 5) is 18.0. The second-order valence-electron chi connectivity index (χ2n) is 6.32. The third-order valence-corrected chi connectivity index (χ3v) is 5.89. The van der Waals surface area contributed by atoms with E-state index in [9.17, 15) is 9.18 Å². The molecule has 0 saturated carbocycles. The fraction of sp³-hybridized carbons (Fsp3) is 0.0909. The predicted octanol–water partition coefficient (Wildman–Crippen LogP) is 6.03. The van der Waals surface area contributed by atoms with Crippen LogP contribution < -0.4 is 5.56 Å². The Morgan fingerprint density at radius 1 is 1.00 bits per heavy atom. The van der Waals surface area contributed by atoms with Gasteiger partial charge in [0.05, 0.1) is 21.6 Å². The van der Waals surface area contributed by atoms with Crippen molar-refractivity contribution < 1.29 is 4.39 Å². The highest BCUT2D eigenvalue weighted by Gasteiger charge is 2.18. The van der Waals surface area contributed by atoms with Crippen LogP contribution in [0.1, 0.15) is 17.7 Å². The van der Waals surface area contributed by atoms with Gasteiger partial charge in [0.1, 0.15) is 5.82 Å². The summed E-state index contributed by atoms with van der Waals surface area (Å²) in [6.07, 6.45) is 0. The molecule has 140 valence electrons. The molecule has 1 atom stereocenters. The molecule has 6 heteroatoms. The molecule has 0 aliphatic rings. The molecule has 4 rings (SSSR count). The molecule has 0 N–H and O–H groups in total. The van der Waals surface area contributed by atoms with Crippen LogP contribution in [0.5, 0.6) is 0 Å². The first kappa shape index (κ1) is 18.7. The second kappa shape index (κ2) is 7.78. The molecule has 3 aromatic carbocycles. The predicted molar refractivity (Wildman–Crippen MR) is 113 cm³/mol. The lowest BCUT2D eigenvalue weighted by Crippen LogP contribution is -2.22. The van der Waals surface area contributed by atoms with Crippen LogP contribution in [0.3, 0.4) is 0 Å². The van der Waals surface area contributed by atoms with Crippen molar-refractivity contribution in [2.75, 3.05) is 0 Å². The fourth-order valence-corrected chi connectivity index (χ4v) is 4.26. The Bertz CT molecular complexity index is 1210. The van der Waals surface area contributed by atoms with E-state index >= 15 is 0 Å². The van der Waals surface area contributed by atoms with Crippen molar-refractivity contribution >= 4 is 34.3 Å². The average Bonchev–Trinajstić information content (AvgIpc) is 2.70. The summed E-state index contributed by atoms with van der Waals surface area (Å²) in [6.45, 7) is 2.00. The van der Waals surface area contributed by atoms with Crippen molar-refractivity contribution in [1.82, 2.24) is 9.55 Å². The highest BCUT2D eigenvalue weighted by atomic mass is 35.5. The van der Waals surface area contributed by atoms with Gasteiger partial charge in [0.2, 0.25) is 0 Å². The number of hydrogen-bond acceptors (Lipinski definition) is 3. The van der Waals surface area contributed by atoms with E-state index in [1.54, 1.807) is 34.9 Å². The molecule has 0 radical (unpaired) electrons. The largest absolute Gasteiger partial charge is 0.268 e. The molecule has 0 unspecified atom stereocenters. The van der Waals surface area contributed by atoms with E-state index in [1.165, 1.54) is 23.9 Å². The highest BCUT2D eigenvalue weighted by Crippen LogP contribution is 2.35. The van der Waals surface area contributed by atoms with Gasteiger partial charge in [-0.3, -0.25) is 9.36 Å². The highest BCUT2D eigenvalue weighted by molar-refractivity contribution is 7.99. The molecule has 0 amide bonds. The van der Waals surface area contributed by atoms with Crippen LogP contribution in [0.15, 0.2) is 82.7 Å². The van der Waals surface area contributed by atoms with E-state index in [-0.39, 0.29) is 16.6 Å². The Kier molecular flexibility index (Phi) is 5.20. The minimum atomic E-state index is -0.280. The van der Waals surface area contributed by atoms with Crippen LogP contribution in [0, 0.1) is 5.82 Å². The van der Waals surface area contributed by atoms with Gasteiger partial charge in [-0.1, -0.05) is 59.8 Å². The fourth-order valence-electron chi connectivity index (χ4n) is 3.00. The van der Waals surface area contributed by atoms with Crippen molar-refractivity contribution in [3.8, 4) is 5.69 Å². The third-order valence-electron chi connectivity index (χ3n) is 4.46. The number of para-hydroxylation sites is 2. The standard InChI is InChI=1S/C22H16ClFN2OS/c1-14(15-10-12-16(24)13-11-15)28-22-25-19-8-4-2-6-17(19)21(27)26(22)20-9-5-3-7-18(20)23/h2-14H,1H3/t14-/m0/s1. The zero-order valence-corrected chi connectivity index (χ0v) is 16.5. The molecule has 1 heterocycles. The first-order valence-corrected chi connectivity index (χ1v) is 9.99. The van der Waals surface area contributed by atoms with Crippen LogP contribution in [-0.4, -0.2) is 9.55 Å². The smallest absolute Gasteiger partial charge is 0.266 e. The van der Waals surface area contributed by atoms with E-state index in [2.05, 4.69) is 0 Å². The quantitative estimate of drug-likeness (QED) is 0.304. The normalized spacial score (nSPS) is 12.2. The van der Waals surface area contributed by atoms with E-state index in [4.69, 9.17) is 16.6 Å². The van der Waals surface area contributed by atoms with Gasteiger partial charge in [0.25, 0.3) is 5.56 Å². The van der Waals surface area contributed by atoms with Crippen LogP contribution in [0.25, 0.3) is 16.6 Å². The maximum Gasteiger partial charge on any atom is 0.266 e. The Balaban J connectivity index is 1.89. The van der Waals surface area contributed by atoms with Gasteiger partial charge in [0.15, 0.2) is 5.16 Å². The molecule has 0 fully saturated rings. The number of nitrogens with zero attached hydrogens (tertiary/aromatic N) is 2. The molecule has 0 aliphatic heterocycles. The van der Waals surface area contributed by atoms with Gasteiger partial charge in [0, 0.05) is 5.25 Å². The second-order valence-corrected chi connectivity index (χ2v) is 8.03. The van der Waals surface area contributed by atoms with Crippen molar-refractivity contribution in [3.63, 3.8) is 0 Å². The number of benzene rings is 3. The average molecular weight is 411 g/mol. The Labute approximate surface area is 170 Å². The summed E-state index contributed by atoms with van der Waals surface area (Å²) >= 11 is 7.82. The van der Waals surface area contributed by atoms with E-state index in [1.807, 2.05) is 37.3 Å². The molecule has 0 bridgehead atoms. The Morgan fingerprint density at radius 3 is 2.43 bits per heavy atom. The van der Waals surface area contributed by atoms with Gasteiger partial charge in [-0.05, 0) is 48.9 Å².